The molecule has 4 nitrogen and oxygen atoms in total. The maximum atomic E-state index is 12.7. The maximum absolute atomic E-state index is 12.7. The van der Waals surface area contributed by atoms with Gasteiger partial charge in [0, 0.05) is 11.1 Å². The first-order valence-corrected chi connectivity index (χ1v) is 8.35. The Hall–Kier alpha value is -2.75. The van der Waals surface area contributed by atoms with Crippen LogP contribution < -0.4 is 4.74 Å². The minimum absolute atomic E-state index is 0.0183. The minimum atomic E-state index is -0.415. The van der Waals surface area contributed by atoms with Gasteiger partial charge in [0.2, 0.25) is 0 Å². The third kappa shape index (κ3) is 3.12. The first kappa shape index (κ1) is 17.1. The zero-order valence-electron chi connectivity index (χ0n) is 14.7. The minimum Gasteiger partial charge on any atom is -0.507 e. The summed E-state index contributed by atoms with van der Waals surface area (Å²) in [5.74, 6) is -0.0856. The van der Waals surface area contributed by atoms with Gasteiger partial charge in [-0.1, -0.05) is 42.0 Å². The molecule has 130 valence electrons. The van der Waals surface area contributed by atoms with Gasteiger partial charge in [0.25, 0.3) is 0 Å². The second kappa shape index (κ2) is 6.63. The Labute approximate surface area is 147 Å². The van der Waals surface area contributed by atoms with E-state index in [1.807, 2.05) is 50.3 Å². The highest BCUT2D eigenvalue weighted by molar-refractivity contribution is 6.04. The van der Waals surface area contributed by atoms with Gasteiger partial charge in [-0.25, -0.2) is 0 Å². The number of carbonyl (C=O) groups is 1. The molecule has 1 heterocycles. The second-order valence-corrected chi connectivity index (χ2v) is 6.63. The number of ether oxygens (including phenoxy) is 1. The fourth-order valence-corrected chi connectivity index (χ4v) is 3.11. The summed E-state index contributed by atoms with van der Waals surface area (Å²) in [5.41, 5.74) is 3.00. The molecule has 3 rings (SSSR count). The number of aromatic hydroxyl groups is 2. The first-order chi connectivity index (χ1) is 11.9. The van der Waals surface area contributed by atoms with Crippen LogP contribution in [0.4, 0.5) is 0 Å². The lowest BCUT2D eigenvalue weighted by atomic mass is 9.90. The van der Waals surface area contributed by atoms with Crippen LogP contribution in [-0.4, -0.2) is 16.0 Å². The number of allylic oxidation sites excluding steroid dienone is 2. The van der Waals surface area contributed by atoms with E-state index in [2.05, 4.69) is 0 Å². The molecule has 1 atom stereocenters. The number of rotatable bonds is 3. The average molecular weight is 338 g/mol. The third-order valence-corrected chi connectivity index (χ3v) is 4.53. The van der Waals surface area contributed by atoms with Crippen molar-refractivity contribution < 1.29 is 19.7 Å². The summed E-state index contributed by atoms with van der Waals surface area (Å²) < 4.78 is 6.01. The monoisotopic (exact) mass is 338 g/mol. The normalized spacial score (nSPS) is 16.1. The van der Waals surface area contributed by atoms with Gasteiger partial charge in [-0.15, -0.1) is 0 Å². The number of hydrogen-bond acceptors (Lipinski definition) is 4. The van der Waals surface area contributed by atoms with E-state index in [4.69, 9.17) is 4.74 Å². The number of ketones is 1. The van der Waals surface area contributed by atoms with E-state index in [1.165, 1.54) is 0 Å². The quantitative estimate of drug-likeness (QED) is 0.801. The summed E-state index contributed by atoms with van der Waals surface area (Å²) >= 11 is 0. The largest absolute Gasteiger partial charge is 0.507 e. The molecular formula is C21H22O4. The van der Waals surface area contributed by atoms with E-state index in [9.17, 15) is 15.0 Å². The third-order valence-electron chi connectivity index (χ3n) is 4.53. The molecule has 2 N–H and O–H groups in total. The van der Waals surface area contributed by atoms with E-state index in [0.29, 0.717) is 17.5 Å². The van der Waals surface area contributed by atoms with Gasteiger partial charge in [0.1, 0.15) is 28.9 Å². The lowest BCUT2D eigenvalue weighted by molar-refractivity contribution is 0.0842. The molecule has 4 heteroatoms. The van der Waals surface area contributed by atoms with Crippen LogP contribution in [0.2, 0.25) is 0 Å². The molecule has 0 fully saturated rings. The van der Waals surface area contributed by atoms with Crippen molar-refractivity contribution in [2.24, 2.45) is 0 Å². The van der Waals surface area contributed by atoms with Crippen molar-refractivity contribution in [2.45, 2.75) is 39.7 Å². The van der Waals surface area contributed by atoms with Crippen molar-refractivity contribution in [1.29, 1.82) is 0 Å². The van der Waals surface area contributed by atoms with Crippen LogP contribution >= 0.6 is 0 Å². The van der Waals surface area contributed by atoms with Gasteiger partial charge >= 0.3 is 0 Å². The average Bonchev–Trinajstić information content (AvgIpc) is 2.59. The SMILES string of the molecule is CC(C)=CCc1c(O)c(C)c2c(c1O)C(=O)C[C@@H](c1ccccc1)O2. The summed E-state index contributed by atoms with van der Waals surface area (Å²) in [7, 11) is 0. The van der Waals surface area contributed by atoms with E-state index in [-0.39, 0.29) is 35.0 Å². The van der Waals surface area contributed by atoms with Crippen LogP contribution in [0.25, 0.3) is 0 Å². The number of fused-ring (bicyclic) bond motifs is 1. The van der Waals surface area contributed by atoms with Crippen LogP contribution in [0.15, 0.2) is 42.0 Å². The molecule has 0 saturated heterocycles. The molecule has 2 aromatic carbocycles. The van der Waals surface area contributed by atoms with Crippen molar-refractivity contribution in [3.05, 3.63) is 64.2 Å². The summed E-state index contributed by atoms with van der Waals surface area (Å²) in [4.78, 5) is 12.7. The number of phenolic OH excluding ortho intramolecular Hbond substituents is 2. The molecule has 0 aromatic heterocycles. The van der Waals surface area contributed by atoms with Crippen LogP contribution in [0, 0.1) is 6.92 Å². The van der Waals surface area contributed by atoms with Crippen molar-refractivity contribution in [2.75, 3.05) is 0 Å². The second-order valence-electron chi connectivity index (χ2n) is 6.63. The number of benzene rings is 2. The topological polar surface area (TPSA) is 66.8 Å². The fraction of sp³-hybridized carbons (Fsp3) is 0.286. The summed E-state index contributed by atoms with van der Waals surface area (Å²) in [6.45, 7) is 5.59. The highest BCUT2D eigenvalue weighted by Crippen LogP contribution is 2.47. The first-order valence-electron chi connectivity index (χ1n) is 8.35. The highest BCUT2D eigenvalue weighted by atomic mass is 16.5. The molecule has 0 spiro atoms. The Kier molecular flexibility index (Phi) is 4.53. The summed E-state index contributed by atoms with van der Waals surface area (Å²) in [6, 6.07) is 9.49. The number of Topliss-reactive ketones (excluding diaryl/α,β-unsaturated/α-hetero) is 1. The van der Waals surface area contributed by atoms with Crippen LogP contribution in [-0.2, 0) is 6.42 Å². The zero-order valence-corrected chi connectivity index (χ0v) is 14.7. The van der Waals surface area contributed by atoms with Crippen LogP contribution in [0.5, 0.6) is 17.2 Å². The molecule has 0 aliphatic carbocycles. The molecule has 1 aliphatic heterocycles. The van der Waals surface area contributed by atoms with Gasteiger partial charge < -0.3 is 14.9 Å². The number of phenols is 2. The van der Waals surface area contributed by atoms with Gasteiger partial charge in [0.15, 0.2) is 5.78 Å². The zero-order chi connectivity index (χ0) is 18.1. The lowest BCUT2D eigenvalue weighted by Crippen LogP contribution is -2.21. The highest BCUT2D eigenvalue weighted by Gasteiger charge is 2.34. The standard InChI is InChI=1S/C21H22O4/c1-12(2)9-10-15-19(23)13(3)21-18(20(15)24)16(22)11-17(25-21)14-7-5-4-6-8-14/h4-9,17,23-24H,10-11H2,1-3H3/t17-/m0/s1. The molecule has 0 amide bonds. The predicted molar refractivity (Wildman–Crippen MR) is 96.4 cm³/mol. The predicted octanol–water partition coefficient (Wildman–Crippen LogP) is 4.62. The Balaban J connectivity index is 2.08. The number of carbonyl (C=O) groups excluding carboxylic acids is 1. The Morgan fingerprint density at radius 1 is 1.20 bits per heavy atom. The van der Waals surface area contributed by atoms with Crippen LogP contribution in [0.1, 0.15) is 53.4 Å². The van der Waals surface area contributed by atoms with E-state index in [0.717, 1.165) is 11.1 Å². The number of hydrogen-bond donors (Lipinski definition) is 2. The molecule has 25 heavy (non-hydrogen) atoms. The fourth-order valence-electron chi connectivity index (χ4n) is 3.11. The lowest BCUT2D eigenvalue weighted by Gasteiger charge is -2.28. The Bertz CT molecular complexity index is 846. The molecule has 0 bridgehead atoms. The van der Waals surface area contributed by atoms with E-state index in [1.54, 1.807) is 6.92 Å². The summed E-state index contributed by atoms with van der Waals surface area (Å²) in [6.07, 6.45) is 2.02. The molecule has 2 aromatic rings. The molecule has 1 aliphatic rings. The van der Waals surface area contributed by atoms with Crippen molar-refractivity contribution in [1.82, 2.24) is 0 Å². The molecule has 0 saturated carbocycles. The summed E-state index contributed by atoms with van der Waals surface area (Å²) in [5, 5.41) is 21.1. The van der Waals surface area contributed by atoms with Crippen molar-refractivity contribution in [3.63, 3.8) is 0 Å². The molecular weight excluding hydrogens is 316 g/mol. The maximum Gasteiger partial charge on any atom is 0.174 e. The van der Waals surface area contributed by atoms with Crippen molar-refractivity contribution in [3.8, 4) is 17.2 Å². The van der Waals surface area contributed by atoms with Gasteiger partial charge in [-0.2, -0.15) is 0 Å². The molecule has 0 radical (unpaired) electrons. The van der Waals surface area contributed by atoms with Gasteiger partial charge in [0.05, 0.1) is 6.42 Å². The Morgan fingerprint density at radius 2 is 1.88 bits per heavy atom. The van der Waals surface area contributed by atoms with Crippen LogP contribution in [0.3, 0.4) is 0 Å². The smallest absolute Gasteiger partial charge is 0.174 e. The molecule has 0 unspecified atom stereocenters. The van der Waals surface area contributed by atoms with Crippen molar-refractivity contribution >= 4 is 5.78 Å². The van der Waals surface area contributed by atoms with Gasteiger partial charge in [-0.3, -0.25) is 4.79 Å². The van der Waals surface area contributed by atoms with Gasteiger partial charge in [-0.05, 0) is 32.8 Å². The van der Waals surface area contributed by atoms with E-state index >= 15 is 0 Å². The van der Waals surface area contributed by atoms with E-state index < -0.39 is 6.10 Å². The Morgan fingerprint density at radius 3 is 2.52 bits per heavy atom.